The van der Waals surface area contributed by atoms with Crippen molar-refractivity contribution < 1.29 is 8.42 Å². The summed E-state index contributed by atoms with van der Waals surface area (Å²) < 4.78 is 22.5. The van der Waals surface area contributed by atoms with Gasteiger partial charge in [-0.2, -0.15) is 0 Å². The van der Waals surface area contributed by atoms with Gasteiger partial charge in [-0.3, -0.25) is 0 Å². The summed E-state index contributed by atoms with van der Waals surface area (Å²) in [6.45, 7) is 0. The normalized spacial score (nSPS) is 22.0. The van der Waals surface area contributed by atoms with Gasteiger partial charge in [0.1, 0.15) is 11.8 Å². The first-order valence-electron chi connectivity index (χ1n) is 4.96. The van der Waals surface area contributed by atoms with Crippen molar-refractivity contribution in [2.75, 3.05) is 11.1 Å². The fourth-order valence-corrected chi connectivity index (χ4v) is 2.95. The van der Waals surface area contributed by atoms with E-state index in [1.165, 1.54) is 18.1 Å². The van der Waals surface area contributed by atoms with Gasteiger partial charge in [0.05, 0.1) is 18.1 Å². The Morgan fingerprint density at radius 3 is 3.00 bits per heavy atom. The van der Waals surface area contributed by atoms with Crippen LogP contribution >= 0.6 is 0 Å². The molecule has 2 aromatic rings. The highest BCUT2D eigenvalue weighted by Gasteiger charge is 2.22. The second-order valence-electron chi connectivity index (χ2n) is 3.73. The Bertz CT molecular complexity index is 690. The Hall–Kier alpha value is -1.96. The average Bonchev–Trinajstić information content (AvgIpc) is 2.85. The van der Waals surface area contributed by atoms with Crippen molar-refractivity contribution in [2.45, 2.75) is 6.04 Å². The van der Waals surface area contributed by atoms with E-state index in [9.17, 15) is 8.42 Å². The minimum Gasteiger partial charge on any atom is -0.361 e. The van der Waals surface area contributed by atoms with Crippen LogP contribution in [0.2, 0.25) is 0 Å². The lowest BCUT2D eigenvalue weighted by Gasteiger charge is -2.10. The van der Waals surface area contributed by atoms with Crippen LogP contribution in [0.3, 0.4) is 0 Å². The van der Waals surface area contributed by atoms with Crippen molar-refractivity contribution in [1.82, 2.24) is 19.9 Å². The molecule has 0 fully saturated rings. The Balaban J connectivity index is 1.91. The molecule has 7 nitrogen and oxygen atoms in total. The summed E-state index contributed by atoms with van der Waals surface area (Å²) in [4.78, 5) is 15.0. The minimum atomic E-state index is -3.07. The molecule has 0 spiro atoms. The average molecular weight is 251 g/mol. The predicted molar refractivity (Wildman–Crippen MR) is 62.0 cm³/mol. The molecule has 0 aromatic carbocycles. The number of hydrogen-bond acceptors (Lipinski definition) is 6. The largest absolute Gasteiger partial charge is 0.361 e. The number of aromatic amines is 1. The predicted octanol–water partition coefficient (Wildman–Crippen LogP) is 0.0755. The number of fused-ring (bicyclic) bond motifs is 1. The van der Waals surface area contributed by atoms with Gasteiger partial charge in [-0.15, -0.1) is 0 Å². The molecule has 3 rings (SSSR count). The number of rotatable bonds is 2. The molecule has 0 amide bonds. The van der Waals surface area contributed by atoms with Gasteiger partial charge in [0.25, 0.3) is 0 Å². The van der Waals surface area contributed by atoms with Crippen LogP contribution < -0.4 is 5.32 Å². The van der Waals surface area contributed by atoms with Gasteiger partial charge >= 0.3 is 0 Å². The molecule has 17 heavy (non-hydrogen) atoms. The van der Waals surface area contributed by atoms with Crippen LogP contribution in [0.1, 0.15) is 0 Å². The molecule has 1 aliphatic heterocycles. The minimum absolute atomic E-state index is 0.0482. The van der Waals surface area contributed by atoms with Crippen LogP contribution in [0.5, 0.6) is 0 Å². The lowest BCUT2D eigenvalue weighted by molar-refractivity contribution is 0.605. The highest BCUT2D eigenvalue weighted by Crippen LogP contribution is 2.18. The van der Waals surface area contributed by atoms with Crippen LogP contribution in [0.25, 0.3) is 11.2 Å². The second kappa shape index (κ2) is 3.52. The summed E-state index contributed by atoms with van der Waals surface area (Å²) in [5.74, 6) is 0.603. The molecule has 0 radical (unpaired) electrons. The van der Waals surface area contributed by atoms with E-state index in [4.69, 9.17) is 0 Å². The first-order chi connectivity index (χ1) is 8.14. The SMILES string of the molecule is O=S1(=O)C=CC(Nc2ncnc3nc[nH]c23)C1. The molecule has 1 atom stereocenters. The van der Waals surface area contributed by atoms with Gasteiger partial charge in [-0.05, 0) is 6.08 Å². The van der Waals surface area contributed by atoms with Crippen LogP contribution in [-0.2, 0) is 9.84 Å². The lowest BCUT2D eigenvalue weighted by Crippen LogP contribution is -2.21. The number of sulfone groups is 1. The Morgan fingerprint density at radius 1 is 1.35 bits per heavy atom. The van der Waals surface area contributed by atoms with Crippen molar-refractivity contribution in [1.29, 1.82) is 0 Å². The summed E-state index contributed by atoms with van der Waals surface area (Å²) in [5.41, 5.74) is 1.22. The van der Waals surface area contributed by atoms with Crippen molar-refractivity contribution in [2.24, 2.45) is 0 Å². The second-order valence-corrected chi connectivity index (χ2v) is 5.66. The van der Waals surface area contributed by atoms with Gasteiger partial charge in [0, 0.05) is 5.41 Å². The quantitative estimate of drug-likeness (QED) is 0.783. The smallest absolute Gasteiger partial charge is 0.182 e. The Morgan fingerprint density at radius 2 is 2.24 bits per heavy atom. The van der Waals surface area contributed by atoms with Gasteiger partial charge in [0.15, 0.2) is 21.3 Å². The molecule has 0 saturated carbocycles. The first kappa shape index (κ1) is 10.2. The van der Waals surface area contributed by atoms with E-state index in [2.05, 4.69) is 25.3 Å². The molecule has 2 aromatic heterocycles. The zero-order valence-electron chi connectivity index (χ0n) is 8.66. The van der Waals surface area contributed by atoms with E-state index in [1.807, 2.05) is 0 Å². The maximum atomic E-state index is 11.3. The molecule has 2 N–H and O–H groups in total. The maximum Gasteiger partial charge on any atom is 0.182 e. The summed E-state index contributed by atoms with van der Waals surface area (Å²) in [7, 11) is -3.07. The fourth-order valence-electron chi connectivity index (χ4n) is 1.72. The Labute approximate surface area is 96.9 Å². The van der Waals surface area contributed by atoms with Gasteiger partial charge in [-0.25, -0.2) is 23.4 Å². The molecule has 1 aliphatic rings. The summed E-state index contributed by atoms with van der Waals surface area (Å²) in [6.07, 6.45) is 4.52. The van der Waals surface area contributed by atoms with E-state index >= 15 is 0 Å². The van der Waals surface area contributed by atoms with Crippen LogP contribution in [0, 0.1) is 0 Å². The Kier molecular flexibility index (Phi) is 2.11. The molecule has 0 saturated heterocycles. The molecule has 0 aliphatic carbocycles. The lowest BCUT2D eigenvalue weighted by atomic mass is 10.3. The third-order valence-corrected chi connectivity index (χ3v) is 3.87. The standard InChI is InChI=1S/C9H9N5O2S/c15-17(16)2-1-6(3-17)14-9-7-8(11-4-10-7)12-5-13-9/h1-2,4-6H,3H2,(H2,10,11,12,13,14). The molecule has 88 valence electrons. The molecule has 1 unspecified atom stereocenters. The van der Waals surface area contributed by atoms with E-state index in [0.29, 0.717) is 17.0 Å². The number of hydrogen-bond donors (Lipinski definition) is 2. The molecule has 0 bridgehead atoms. The van der Waals surface area contributed by atoms with E-state index in [1.54, 1.807) is 6.08 Å². The number of H-pyrrole nitrogens is 1. The molecule has 8 heteroatoms. The summed E-state index contributed by atoms with van der Waals surface area (Å²) in [6, 6.07) is -0.263. The first-order valence-corrected chi connectivity index (χ1v) is 6.67. The summed E-state index contributed by atoms with van der Waals surface area (Å²) >= 11 is 0. The van der Waals surface area contributed by atoms with Crippen molar-refractivity contribution >= 4 is 26.8 Å². The van der Waals surface area contributed by atoms with Crippen LogP contribution in [-0.4, -0.2) is 40.1 Å². The highest BCUT2D eigenvalue weighted by molar-refractivity contribution is 7.94. The summed E-state index contributed by atoms with van der Waals surface area (Å²) in [5, 5.41) is 4.26. The molecular weight excluding hydrogens is 242 g/mol. The number of nitrogens with one attached hydrogen (secondary N) is 2. The molecular formula is C9H9N5O2S. The van der Waals surface area contributed by atoms with Gasteiger partial charge < -0.3 is 10.3 Å². The fraction of sp³-hybridized carbons (Fsp3) is 0.222. The van der Waals surface area contributed by atoms with E-state index in [-0.39, 0.29) is 11.8 Å². The van der Waals surface area contributed by atoms with Crippen LogP contribution in [0.15, 0.2) is 24.1 Å². The highest BCUT2D eigenvalue weighted by atomic mass is 32.2. The zero-order valence-corrected chi connectivity index (χ0v) is 9.48. The topological polar surface area (TPSA) is 101 Å². The van der Waals surface area contributed by atoms with Crippen molar-refractivity contribution in [3.8, 4) is 0 Å². The van der Waals surface area contributed by atoms with Crippen molar-refractivity contribution in [3.05, 3.63) is 24.1 Å². The molecule has 3 heterocycles. The van der Waals surface area contributed by atoms with Gasteiger partial charge in [-0.1, -0.05) is 0 Å². The van der Waals surface area contributed by atoms with Gasteiger partial charge in [0.2, 0.25) is 0 Å². The third-order valence-electron chi connectivity index (χ3n) is 2.48. The van der Waals surface area contributed by atoms with E-state index in [0.717, 1.165) is 0 Å². The number of nitrogens with zero attached hydrogens (tertiary/aromatic N) is 3. The number of anilines is 1. The van der Waals surface area contributed by atoms with Crippen molar-refractivity contribution in [3.63, 3.8) is 0 Å². The number of aromatic nitrogens is 4. The maximum absolute atomic E-state index is 11.3. The zero-order chi connectivity index (χ0) is 11.9. The monoisotopic (exact) mass is 251 g/mol. The third kappa shape index (κ3) is 1.86. The van der Waals surface area contributed by atoms with Crippen LogP contribution in [0.4, 0.5) is 5.82 Å². The number of imidazole rings is 1. The van der Waals surface area contributed by atoms with E-state index < -0.39 is 9.84 Å².